The number of carbonyl (C=O) groups excluding carboxylic acids is 2. The van der Waals surface area contributed by atoms with Gasteiger partial charge in [0, 0.05) is 6.04 Å². The first-order valence-corrected chi connectivity index (χ1v) is 14.6. The highest BCUT2D eigenvalue weighted by Crippen LogP contribution is 2.67. The van der Waals surface area contributed by atoms with Crippen LogP contribution in [0.5, 0.6) is 0 Å². The molecule has 0 radical (unpaired) electrons. The SMILES string of the molecule is Cc1cc(Cl)c(C(=O)CN(C(=O)c2cnn(C3CCC(C)(C(=O)O)CC3)c2Cl)C2C[C@@H]3[C@H](C2)C3(C)C)c(Cl)c1. The van der Waals surface area contributed by atoms with Crippen molar-refractivity contribution in [2.45, 2.75) is 78.3 Å². The van der Waals surface area contributed by atoms with E-state index in [1.54, 1.807) is 28.6 Å². The van der Waals surface area contributed by atoms with Gasteiger partial charge >= 0.3 is 5.97 Å². The van der Waals surface area contributed by atoms with Crippen LogP contribution in [0.4, 0.5) is 0 Å². The number of fused-ring (bicyclic) bond motifs is 1. The predicted molar refractivity (Wildman–Crippen MR) is 151 cm³/mol. The third-order valence-electron chi connectivity index (χ3n) is 9.71. The second-order valence-corrected chi connectivity index (χ2v) is 13.7. The number of ketones is 1. The molecule has 0 aliphatic heterocycles. The van der Waals surface area contributed by atoms with Crippen LogP contribution in [0.2, 0.25) is 15.2 Å². The van der Waals surface area contributed by atoms with E-state index in [-0.39, 0.29) is 62.1 Å². The number of carboxylic acid groups (broad SMARTS) is 1. The van der Waals surface area contributed by atoms with Crippen molar-refractivity contribution in [1.29, 1.82) is 0 Å². The Hall–Kier alpha value is -2.09. The van der Waals surface area contributed by atoms with Crippen LogP contribution < -0.4 is 0 Å². The Morgan fingerprint density at radius 2 is 1.62 bits per heavy atom. The Balaban J connectivity index is 1.40. The standard InChI is InChI=1S/C29H34Cl3N3O4/c1-15-9-21(30)24(22(31)10-15)23(36)14-34(17-11-19-20(12-17)28(19,2)3)26(37)18-13-33-35(25(18)32)16-5-7-29(4,8-6-16)27(38)39/h9-10,13,16-17,19-20H,5-8,11-12,14H2,1-4H3,(H,38,39)/t16?,17?,19-,20+,29?. The van der Waals surface area contributed by atoms with Gasteiger partial charge in [0.2, 0.25) is 0 Å². The van der Waals surface area contributed by atoms with Gasteiger partial charge in [-0.25, -0.2) is 0 Å². The van der Waals surface area contributed by atoms with Crippen LogP contribution in [-0.4, -0.2) is 50.0 Å². The van der Waals surface area contributed by atoms with E-state index in [4.69, 9.17) is 34.8 Å². The summed E-state index contributed by atoms with van der Waals surface area (Å²) in [4.78, 5) is 40.8. The summed E-state index contributed by atoms with van der Waals surface area (Å²) in [6, 6.07) is 3.20. The van der Waals surface area contributed by atoms with Crippen molar-refractivity contribution >= 4 is 52.5 Å². The first-order valence-electron chi connectivity index (χ1n) is 13.5. The van der Waals surface area contributed by atoms with E-state index in [1.165, 1.54) is 6.20 Å². The number of amides is 1. The Kier molecular flexibility index (Phi) is 7.35. The van der Waals surface area contributed by atoms with Gasteiger partial charge in [-0.1, -0.05) is 48.7 Å². The fourth-order valence-corrected chi connectivity index (χ4v) is 8.01. The molecular formula is C29H34Cl3N3O4. The van der Waals surface area contributed by atoms with Crippen molar-refractivity contribution in [3.8, 4) is 0 Å². The molecule has 10 heteroatoms. The van der Waals surface area contributed by atoms with Crippen molar-refractivity contribution in [3.63, 3.8) is 0 Å². The van der Waals surface area contributed by atoms with Crippen molar-refractivity contribution in [3.05, 3.63) is 50.2 Å². The lowest BCUT2D eigenvalue weighted by Gasteiger charge is -2.34. The van der Waals surface area contributed by atoms with Crippen LogP contribution in [-0.2, 0) is 4.79 Å². The minimum absolute atomic E-state index is 0.0911. The zero-order chi connectivity index (χ0) is 28.4. The monoisotopic (exact) mass is 593 g/mol. The molecule has 1 aromatic carbocycles. The number of aliphatic carboxylic acids is 1. The van der Waals surface area contributed by atoms with Gasteiger partial charge in [-0.15, -0.1) is 0 Å². The van der Waals surface area contributed by atoms with E-state index in [1.807, 2.05) is 6.92 Å². The van der Waals surface area contributed by atoms with Crippen LogP contribution in [0.25, 0.3) is 0 Å². The highest BCUT2D eigenvalue weighted by molar-refractivity contribution is 6.40. The van der Waals surface area contributed by atoms with Gasteiger partial charge < -0.3 is 10.0 Å². The van der Waals surface area contributed by atoms with Crippen LogP contribution in [0, 0.1) is 29.6 Å². The van der Waals surface area contributed by atoms with Crippen LogP contribution in [0.15, 0.2) is 18.3 Å². The third-order valence-corrected chi connectivity index (χ3v) is 10.7. The van der Waals surface area contributed by atoms with Gasteiger partial charge in [0.1, 0.15) is 5.15 Å². The lowest BCUT2D eigenvalue weighted by Crippen LogP contribution is -2.43. The van der Waals surface area contributed by atoms with Crippen molar-refractivity contribution in [2.75, 3.05) is 6.54 Å². The second-order valence-electron chi connectivity index (χ2n) is 12.5. The summed E-state index contributed by atoms with van der Waals surface area (Å²) in [7, 11) is 0. The van der Waals surface area contributed by atoms with Crippen molar-refractivity contribution in [2.24, 2.45) is 22.7 Å². The molecule has 210 valence electrons. The van der Waals surface area contributed by atoms with Crippen LogP contribution >= 0.6 is 34.8 Å². The molecule has 5 rings (SSSR count). The van der Waals surface area contributed by atoms with E-state index >= 15 is 0 Å². The second kappa shape index (κ2) is 10.1. The summed E-state index contributed by atoms with van der Waals surface area (Å²) in [5.41, 5.74) is 0.805. The summed E-state index contributed by atoms with van der Waals surface area (Å²) < 4.78 is 1.64. The fraction of sp³-hybridized carbons (Fsp3) is 0.586. The smallest absolute Gasteiger partial charge is 0.309 e. The van der Waals surface area contributed by atoms with Crippen molar-refractivity contribution < 1.29 is 19.5 Å². The predicted octanol–water partition coefficient (Wildman–Crippen LogP) is 7.12. The molecule has 1 aromatic heterocycles. The summed E-state index contributed by atoms with van der Waals surface area (Å²) >= 11 is 19.6. The Morgan fingerprint density at radius 3 is 2.15 bits per heavy atom. The van der Waals surface area contributed by atoms with Gasteiger partial charge in [-0.05, 0) is 87.3 Å². The number of benzene rings is 1. The van der Waals surface area contributed by atoms with Gasteiger partial charge in [0.05, 0.1) is 45.4 Å². The number of halogens is 3. The van der Waals surface area contributed by atoms with E-state index in [0.717, 1.165) is 18.4 Å². The average molecular weight is 595 g/mol. The highest BCUT2D eigenvalue weighted by atomic mass is 35.5. The van der Waals surface area contributed by atoms with E-state index in [2.05, 4.69) is 18.9 Å². The number of Topliss-reactive ketones (excluding diaryl/α,β-unsaturated/α-hetero) is 1. The highest BCUT2D eigenvalue weighted by Gasteiger charge is 2.63. The molecule has 3 aliphatic carbocycles. The molecule has 2 aromatic rings. The molecule has 3 fully saturated rings. The molecule has 7 nitrogen and oxygen atoms in total. The number of hydrogen-bond donors (Lipinski definition) is 1. The Labute approximate surface area is 243 Å². The normalized spacial score (nSPS) is 29.1. The lowest BCUT2D eigenvalue weighted by atomic mass is 9.74. The molecule has 1 heterocycles. The number of carboxylic acids is 1. The summed E-state index contributed by atoms with van der Waals surface area (Å²) in [5.74, 6) is -0.418. The van der Waals surface area contributed by atoms with E-state index < -0.39 is 11.4 Å². The Morgan fingerprint density at radius 1 is 1.05 bits per heavy atom. The molecule has 0 bridgehead atoms. The molecule has 39 heavy (non-hydrogen) atoms. The van der Waals surface area contributed by atoms with Gasteiger partial charge in [0.25, 0.3) is 5.91 Å². The number of hydrogen-bond acceptors (Lipinski definition) is 4. The van der Waals surface area contributed by atoms with Gasteiger partial charge in [0.15, 0.2) is 5.78 Å². The van der Waals surface area contributed by atoms with Gasteiger partial charge in [-0.3, -0.25) is 19.1 Å². The molecular weight excluding hydrogens is 561 g/mol. The summed E-state index contributed by atoms with van der Waals surface area (Å²) in [6.45, 7) is 7.96. The average Bonchev–Trinajstić information content (AvgIpc) is 3.23. The number of aromatic nitrogens is 2. The molecule has 1 amide bonds. The summed E-state index contributed by atoms with van der Waals surface area (Å²) in [6.07, 6.45) is 5.34. The first-order chi connectivity index (χ1) is 18.2. The summed E-state index contributed by atoms with van der Waals surface area (Å²) in [5, 5.41) is 14.8. The molecule has 3 saturated carbocycles. The molecule has 3 atom stereocenters. The minimum Gasteiger partial charge on any atom is -0.481 e. The zero-order valence-corrected chi connectivity index (χ0v) is 24.9. The fourth-order valence-electron chi connectivity index (χ4n) is 6.90. The number of aryl methyl sites for hydroxylation is 1. The van der Waals surface area contributed by atoms with Gasteiger partial charge in [-0.2, -0.15) is 5.10 Å². The third kappa shape index (κ3) is 5.00. The molecule has 3 aliphatic rings. The van der Waals surface area contributed by atoms with Crippen LogP contribution in [0.1, 0.15) is 91.6 Å². The van der Waals surface area contributed by atoms with E-state index in [9.17, 15) is 19.5 Å². The molecule has 0 saturated heterocycles. The molecule has 0 spiro atoms. The first kappa shape index (κ1) is 28.4. The number of nitrogens with zero attached hydrogens (tertiary/aromatic N) is 3. The lowest BCUT2D eigenvalue weighted by molar-refractivity contribution is -0.150. The quantitative estimate of drug-likeness (QED) is 0.345. The maximum absolute atomic E-state index is 14.0. The maximum Gasteiger partial charge on any atom is 0.309 e. The zero-order valence-electron chi connectivity index (χ0n) is 22.6. The minimum atomic E-state index is -0.796. The molecule has 1 N–H and O–H groups in total. The maximum atomic E-state index is 14.0. The topological polar surface area (TPSA) is 92.5 Å². The van der Waals surface area contributed by atoms with Crippen molar-refractivity contribution in [1.82, 2.24) is 14.7 Å². The van der Waals surface area contributed by atoms with E-state index in [0.29, 0.717) is 37.5 Å². The number of rotatable bonds is 7. The van der Waals surface area contributed by atoms with Crippen LogP contribution in [0.3, 0.4) is 0 Å². The molecule has 1 unspecified atom stereocenters. The Bertz CT molecular complexity index is 1310. The number of carbonyl (C=O) groups is 3. The largest absolute Gasteiger partial charge is 0.481 e.